The van der Waals surface area contributed by atoms with E-state index in [1.54, 1.807) is 7.11 Å². The molecule has 0 saturated carbocycles. The molecule has 1 amide bonds. The summed E-state index contributed by atoms with van der Waals surface area (Å²) >= 11 is 0. The average Bonchev–Trinajstić information content (AvgIpc) is 2.40. The molecule has 2 rings (SSSR count). The van der Waals surface area contributed by atoms with Gasteiger partial charge in [0.25, 0.3) is 0 Å². The van der Waals surface area contributed by atoms with Gasteiger partial charge in [-0.1, -0.05) is 18.2 Å². The third-order valence-corrected chi connectivity index (χ3v) is 3.21. The molecular formula is C14H21ClN2O2. The molecule has 1 aromatic rings. The molecule has 19 heavy (non-hydrogen) atoms. The van der Waals surface area contributed by atoms with Gasteiger partial charge >= 0.3 is 0 Å². The highest BCUT2D eigenvalue weighted by Gasteiger charge is 2.16. The van der Waals surface area contributed by atoms with Crippen LogP contribution in [-0.2, 0) is 11.2 Å². The van der Waals surface area contributed by atoms with E-state index in [0.29, 0.717) is 6.42 Å². The lowest BCUT2D eigenvalue weighted by molar-refractivity contribution is -0.121. The van der Waals surface area contributed by atoms with Crippen molar-refractivity contribution >= 4 is 18.3 Å². The number of para-hydroxylation sites is 1. The Morgan fingerprint density at radius 3 is 2.95 bits per heavy atom. The number of halogens is 1. The molecule has 106 valence electrons. The van der Waals surface area contributed by atoms with E-state index in [9.17, 15) is 4.79 Å². The summed E-state index contributed by atoms with van der Waals surface area (Å²) in [7, 11) is 1.63. The van der Waals surface area contributed by atoms with Crippen LogP contribution in [0.2, 0.25) is 0 Å². The predicted octanol–water partition coefficient (Wildman–Crippen LogP) is 1.53. The number of benzene rings is 1. The molecule has 1 fully saturated rings. The number of piperidine rings is 1. The average molecular weight is 285 g/mol. The number of carbonyl (C=O) groups is 1. The van der Waals surface area contributed by atoms with Gasteiger partial charge in [-0.3, -0.25) is 4.79 Å². The van der Waals surface area contributed by atoms with E-state index < -0.39 is 0 Å². The summed E-state index contributed by atoms with van der Waals surface area (Å²) in [4.78, 5) is 12.0. The second kappa shape index (κ2) is 8.02. The molecule has 1 aromatic carbocycles. The molecule has 1 heterocycles. The monoisotopic (exact) mass is 284 g/mol. The van der Waals surface area contributed by atoms with E-state index in [1.165, 1.54) is 0 Å². The van der Waals surface area contributed by atoms with Gasteiger partial charge < -0.3 is 15.4 Å². The van der Waals surface area contributed by atoms with Crippen molar-refractivity contribution in [2.45, 2.75) is 25.3 Å². The standard InChI is InChI=1S/C14H20N2O2.ClH/c1-18-13-7-3-2-5-11(13)9-14(17)16-12-6-4-8-15-10-12;/h2-3,5,7,12,15H,4,6,8-10H2,1H3,(H,16,17);1H/t12-;/m0./s1. The normalized spacial score (nSPS) is 18.3. The highest BCUT2D eigenvalue weighted by Crippen LogP contribution is 2.17. The summed E-state index contributed by atoms with van der Waals surface area (Å²) in [5, 5.41) is 6.35. The third-order valence-electron chi connectivity index (χ3n) is 3.21. The largest absolute Gasteiger partial charge is 0.496 e. The second-order valence-electron chi connectivity index (χ2n) is 4.60. The van der Waals surface area contributed by atoms with Crippen molar-refractivity contribution in [1.82, 2.24) is 10.6 Å². The number of nitrogens with one attached hydrogen (secondary N) is 2. The first-order valence-corrected chi connectivity index (χ1v) is 6.41. The molecule has 4 nitrogen and oxygen atoms in total. The molecule has 1 atom stereocenters. The maximum absolute atomic E-state index is 12.0. The van der Waals surface area contributed by atoms with E-state index in [4.69, 9.17) is 4.74 Å². The fourth-order valence-electron chi connectivity index (χ4n) is 2.28. The van der Waals surface area contributed by atoms with Crippen molar-refractivity contribution in [3.8, 4) is 5.75 Å². The SMILES string of the molecule is COc1ccccc1CC(=O)N[C@H]1CCCNC1.Cl. The summed E-state index contributed by atoms with van der Waals surface area (Å²) in [6, 6.07) is 7.90. The first-order valence-electron chi connectivity index (χ1n) is 6.41. The number of carbonyl (C=O) groups excluding carboxylic acids is 1. The second-order valence-corrected chi connectivity index (χ2v) is 4.60. The molecule has 0 aromatic heterocycles. The molecule has 0 radical (unpaired) electrons. The Hall–Kier alpha value is -1.26. The van der Waals surface area contributed by atoms with Crippen LogP contribution < -0.4 is 15.4 Å². The van der Waals surface area contributed by atoms with Crippen molar-refractivity contribution in [1.29, 1.82) is 0 Å². The number of amides is 1. The van der Waals surface area contributed by atoms with Crippen molar-refractivity contribution in [3.05, 3.63) is 29.8 Å². The van der Waals surface area contributed by atoms with E-state index in [2.05, 4.69) is 10.6 Å². The Labute approximate surface area is 120 Å². The summed E-state index contributed by atoms with van der Waals surface area (Å²) in [6.07, 6.45) is 2.56. The van der Waals surface area contributed by atoms with E-state index in [0.717, 1.165) is 37.2 Å². The molecule has 0 aliphatic carbocycles. The maximum atomic E-state index is 12.0. The first-order chi connectivity index (χ1) is 8.79. The molecule has 0 spiro atoms. The van der Waals surface area contributed by atoms with Gasteiger partial charge in [-0.25, -0.2) is 0 Å². The molecule has 2 N–H and O–H groups in total. The van der Waals surface area contributed by atoms with E-state index in [1.807, 2.05) is 24.3 Å². The number of rotatable bonds is 4. The van der Waals surface area contributed by atoms with Crippen LogP contribution >= 0.6 is 12.4 Å². The van der Waals surface area contributed by atoms with Gasteiger partial charge in [-0.15, -0.1) is 12.4 Å². The van der Waals surface area contributed by atoms with Crippen molar-refractivity contribution in [2.75, 3.05) is 20.2 Å². The van der Waals surface area contributed by atoms with Crippen LogP contribution in [0.5, 0.6) is 5.75 Å². The van der Waals surface area contributed by atoms with Gasteiger partial charge in [0, 0.05) is 18.2 Å². The quantitative estimate of drug-likeness (QED) is 0.882. The minimum Gasteiger partial charge on any atom is -0.496 e. The summed E-state index contributed by atoms with van der Waals surface area (Å²) < 4.78 is 5.24. The molecule has 5 heteroatoms. The Kier molecular flexibility index (Phi) is 6.67. The fourth-order valence-corrected chi connectivity index (χ4v) is 2.28. The molecule has 0 bridgehead atoms. The van der Waals surface area contributed by atoms with Gasteiger partial charge in [-0.05, 0) is 25.5 Å². The zero-order valence-corrected chi connectivity index (χ0v) is 12.0. The predicted molar refractivity (Wildman–Crippen MR) is 78.0 cm³/mol. The lowest BCUT2D eigenvalue weighted by atomic mass is 10.1. The van der Waals surface area contributed by atoms with E-state index >= 15 is 0 Å². The zero-order chi connectivity index (χ0) is 12.8. The fraction of sp³-hybridized carbons (Fsp3) is 0.500. The zero-order valence-electron chi connectivity index (χ0n) is 11.1. The smallest absolute Gasteiger partial charge is 0.224 e. The van der Waals surface area contributed by atoms with Crippen molar-refractivity contribution in [2.24, 2.45) is 0 Å². The number of hydrogen-bond acceptors (Lipinski definition) is 3. The summed E-state index contributed by atoms with van der Waals surface area (Å²) in [5.74, 6) is 0.836. The van der Waals surface area contributed by atoms with Crippen LogP contribution in [-0.4, -0.2) is 32.1 Å². The molecular weight excluding hydrogens is 264 g/mol. The number of hydrogen-bond donors (Lipinski definition) is 2. The van der Waals surface area contributed by atoms with Gasteiger partial charge in [0.2, 0.25) is 5.91 Å². The molecule has 1 aliphatic heterocycles. The number of ether oxygens (including phenoxy) is 1. The van der Waals surface area contributed by atoms with Gasteiger partial charge in [-0.2, -0.15) is 0 Å². The Morgan fingerprint density at radius 1 is 1.47 bits per heavy atom. The molecule has 1 saturated heterocycles. The van der Waals surface area contributed by atoms with Crippen LogP contribution in [0.1, 0.15) is 18.4 Å². The van der Waals surface area contributed by atoms with Gasteiger partial charge in [0.15, 0.2) is 0 Å². The van der Waals surface area contributed by atoms with Crippen LogP contribution in [0, 0.1) is 0 Å². The third kappa shape index (κ3) is 4.73. The van der Waals surface area contributed by atoms with Crippen LogP contribution in [0.25, 0.3) is 0 Å². The maximum Gasteiger partial charge on any atom is 0.224 e. The highest BCUT2D eigenvalue weighted by molar-refractivity contribution is 5.85. The van der Waals surface area contributed by atoms with Gasteiger partial charge in [0.05, 0.1) is 13.5 Å². The van der Waals surface area contributed by atoms with E-state index in [-0.39, 0.29) is 24.4 Å². The lowest BCUT2D eigenvalue weighted by Crippen LogP contribution is -2.46. The summed E-state index contributed by atoms with van der Waals surface area (Å²) in [5.41, 5.74) is 0.932. The van der Waals surface area contributed by atoms with Crippen LogP contribution in [0.4, 0.5) is 0 Å². The van der Waals surface area contributed by atoms with Crippen molar-refractivity contribution in [3.63, 3.8) is 0 Å². The van der Waals surface area contributed by atoms with Crippen LogP contribution in [0.15, 0.2) is 24.3 Å². The van der Waals surface area contributed by atoms with Crippen molar-refractivity contribution < 1.29 is 9.53 Å². The minimum absolute atomic E-state index is 0. The Morgan fingerprint density at radius 2 is 2.26 bits per heavy atom. The summed E-state index contributed by atoms with van der Waals surface area (Å²) in [6.45, 7) is 1.93. The molecule has 1 aliphatic rings. The van der Waals surface area contributed by atoms with Crippen LogP contribution in [0.3, 0.4) is 0 Å². The minimum atomic E-state index is 0. The molecule has 0 unspecified atom stereocenters. The topological polar surface area (TPSA) is 50.4 Å². The Balaban J connectivity index is 0.00000180. The Bertz CT molecular complexity index is 406. The lowest BCUT2D eigenvalue weighted by Gasteiger charge is -2.23. The number of methoxy groups -OCH3 is 1. The highest BCUT2D eigenvalue weighted by atomic mass is 35.5. The first kappa shape index (κ1) is 15.8. The van der Waals surface area contributed by atoms with Gasteiger partial charge in [0.1, 0.15) is 5.75 Å².